The molecule has 1 fully saturated rings. The number of halogens is 6. The first-order chi connectivity index (χ1) is 20.7. The Morgan fingerprint density at radius 3 is 1.95 bits per heavy atom. The van der Waals surface area contributed by atoms with E-state index in [2.05, 4.69) is 42.4 Å². The van der Waals surface area contributed by atoms with Gasteiger partial charge >= 0.3 is 24.3 Å². The van der Waals surface area contributed by atoms with Crippen LogP contribution >= 0.6 is 0 Å². The maximum atomic E-state index is 10.6. The molecule has 1 aliphatic heterocycles. The zero-order valence-corrected chi connectivity index (χ0v) is 23.0. The lowest BCUT2D eigenvalue weighted by molar-refractivity contribution is -0.193. The van der Waals surface area contributed by atoms with Gasteiger partial charge in [-0.05, 0) is 35.9 Å². The van der Waals surface area contributed by atoms with E-state index < -0.39 is 24.3 Å². The molecule has 44 heavy (non-hydrogen) atoms. The number of hydrogen-bond acceptors (Lipinski definition) is 8. The number of aliphatic carboxylic acids is 2. The third kappa shape index (κ3) is 9.29. The normalized spacial score (nSPS) is 13.8. The van der Waals surface area contributed by atoms with Crippen LogP contribution in [0.25, 0.3) is 16.9 Å². The Bertz CT molecular complexity index is 1500. The molecule has 11 nitrogen and oxygen atoms in total. The Labute approximate surface area is 246 Å². The molecule has 1 aromatic carbocycles. The van der Waals surface area contributed by atoms with Crippen molar-refractivity contribution in [2.45, 2.75) is 18.9 Å². The number of ether oxygens (including phenoxy) is 1. The highest BCUT2D eigenvalue weighted by Crippen LogP contribution is 2.27. The van der Waals surface area contributed by atoms with E-state index in [9.17, 15) is 26.3 Å². The van der Waals surface area contributed by atoms with Gasteiger partial charge in [-0.15, -0.1) is 0 Å². The summed E-state index contributed by atoms with van der Waals surface area (Å²) in [5.41, 5.74) is 4.29. The molecule has 3 aromatic heterocycles. The highest BCUT2D eigenvalue weighted by Gasteiger charge is 2.38. The smallest absolute Gasteiger partial charge is 0.490 e. The van der Waals surface area contributed by atoms with E-state index in [1.165, 1.54) is 5.56 Å². The standard InChI is InChI=1S/C23H24N6O.2C2HF3O2/c1-30-20-6-4-19(5-7-20)21-16-26-23-22(25-9-10-29(21)23)28-13-11-27(12-14-28)17-18-3-2-8-24-15-18;2*3-2(4,5)1(6)7/h2-10,15-16H,11-14,17H2,1H3;2*(H,6,7). The molecule has 0 saturated carbocycles. The number of carbonyl (C=O) groups is 2. The third-order valence-corrected chi connectivity index (χ3v) is 6.08. The number of piperazine rings is 1. The average molecular weight is 629 g/mol. The number of hydrogen-bond donors (Lipinski definition) is 2. The summed E-state index contributed by atoms with van der Waals surface area (Å²) in [5.74, 6) is -3.72. The first-order valence-corrected chi connectivity index (χ1v) is 12.6. The second-order valence-electron chi connectivity index (χ2n) is 9.05. The van der Waals surface area contributed by atoms with Crippen molar-refractivity contribution in [3.8, 4) is 17.0 Å². The fourth-order valence-corrected chi connectivity index (χ4v) is 3.97. The highest BCUT2D eigenvalue weighted by molar-refractivity contribution is 5.73. The van der Waals surface area contributed by atoms with Crippen LogP contribution in [-0.2, 0) is 16.1 Å². The first kappa shape index (κ1) is 33.6. The molecular weight excluding hydrogens is 602 g/mol. The molecule has 0 radical (unpaired) electrons. The minimum absolute atomic E-state index is 0.846. The topological polar surface area (TPSA) is 133 Å². The zero-order chi connectivity index (χ0) is 32.5. The Kier molecular flexibility index (Phi) is 11.1. The van der Waals surface area contributed by atoms with Gasteiger partial charge in [0.25, 0.3) is 0 Å². The van der Waals surface area contributed by atoms with Crippen molar-refractivity contribution in [3.63, 3.8) is 0 Å². The minimum Gasteiger partial charge on any atom is -0.497 e. The number of pyridine rings is 1. The van der Waals surface area contributed by atoms with Gasteiger partial charge in [0.15, 0.2) is 11.5 Å². The number of anilines is 1. The number of aromatic nitrogens is 4. The van der Waals surface area contributed by atoms with Gasteiger partial charge in [0.1, 0.15) is 5.75 Å². The van der Waals surface area contributed by atoms with Crippen LogP contribution in [0.5, 0.6) is 5.75 Å². The predicted molar refractivity (Wildman–Crippen MR) is 144 cm³/mol. The molecule has 0 atom stereocenters. The van der Waals surface area contributed by atoms with Crippen LogP contribution in [0.1, 0.15) is 5.56 Å². The summed E-state index contributed by atoms with van der Waals surface area (Å²) < 4.78 is 70.9. The van der Waals surface area contributed by atoms with Crippen molar-refractivity contribution in [2.75, 3.05) is 38.2 Å². The van der Waals surface area contributed by atoms with E-state index in [0.717, 1.165) is 61.2 Å². The van der Waals surface area contributed by atoms with Crippen molar-refractivity contribution in [2.24, 2.45) is 0 Å². The van der Waals surface area contributed by atoms with Gasteiger partial charge in [0, 0.05) is 63.1 Å². The van der Waals surface area contributed by atoms with Gasteiger partial charge in [-0.3, -0.25) is 14.3 Å². The SMILES string of the molecule is COc1ccc(-c2cnc3c(N4CCN(Cc5cccnc5)CC4)nccn23)cc1.O=C(O)C(F)(F)F.O=C(O)C(F)(F)F. The number of imidazole rings is 1. The van der Waals surface area contributed by atoms with Crippen molar-refractivity contribution in [1.82, 2.24) is 24.3 Å². The molecule has 0 amide bonds. The molecule has 5 rings (SSSR count). The van der Waals surface area contributed by atoms with Crippen LogP contribution in [-0.4, -0.2) is 92.0 Å². The fourth-order valence-electron chi connectivity index (χ4n) is 3.97. The number of methoxy groups -OCH3 is 1. The number of carboxylic acids is 2. The molecule has 17 heteroatoms. The Balaban J connectivity index is 0.000000317. The second-order valence-corrected chi connectivity index (χ2v) is 9.05. The van der Waals surface area contributed by atoms with Crippen LogP contribution in [0.3, 0.4) is 0 Å². The van der Waals surface area contributed by atoms with Gasteiger partial charge in [-0.25, -0.2) is 19.6 Å². The van der Waals surface area contributed by atoms with E-state index in [1.807, 2.05) is 49.2 Å². The molecule has 0 bridgehead atoms. The fraction of sp³-hybridized carbons (Fsp3) is 0.296. The number of rotatable bonds is 5. The lowest BCUT2D eigenvalue weighted by atomic mass is 10.1. The first-order valence-electron chi connectivity index (χ1n) is 12.6. The molecule has 1 aliphatic rings. The lowest BCUT2D eigenvalue weighted by Crippen LogP contribution is -2.46. The van der Waals surface area contributed by atoms with Crippen LogP contribution in [0.4, 0.5) is 32.2 Å². The molecular formula is C27H26F6N6O5. The van der Waals surface area contributed by atoms with Crippen molar-refractivity contribution >= 4 is 23.4 Å². The van der Waals surface area contributed by atoms with Crippen LogP contribution < -0.4 is 9.64 Å². The number of carboxylic acid groups (broad SMARTS) is 2. The molecule has 2 N–H and O–H groups in total. The van der Waals surface area contributed by atoms with E-state index in [4.69, 9.17) is 29.5 Å². The van der Waals surface area contributed by atoms with Crippen LogP contribution in [0, 0.1) is 0 Å². The summed E-state index contributed by atoms with van der Waals surface area (Å²) in [7, 11) is 1.68. The van der Waals surface area contributed by atoms with Gasteiger partial charge in [0.2, 0.25) is 0 Å². The molecule has 0 aliphatic carbocycles. The monoisotopic (exact) mass is 628 g/mol. The van der Waals surface area contributed by atoms with E-state index in [-0.39, 0.29) is 0 Å². The quantitative estimate of drug-likeness (QED) is 0.307. The number of benzene rings is 1. The highest BCUT2D eigenvalue weighted by atomic mass is 19.4. The summed E-state index contributed by atoms with van der Waals surface area (Å²) in [6.07, 6.45) is -0.650. The summed E-state index contributed by atoms with van der Waals surface area (Å²) in [6.45, 7) is 4.77. The van der Waals surface area contributed by atoms with E-state index in [0.29, 0.717) is 0 Å². The summed E-state index contributed by atoms with van der Waals surface area (Å²) in [6, 6.07) is 12.2. The van der Waals surface area contributed by atoms with Crippen molar-refractivity contribution in [3.05, 3.63) is 72.9 Å². The third-order valence-electron chi connectivity index (χ3n) is 6.08. The van der Waals surface area contributed by atoms with Crippen molar-refractivity contribution < 1.29 is 50.9 Å². The molecule has 1 saturated heterocycles. The number of fused-ring (bicyclic) bond motifs is 1. The Hall–Kier alpha value is -4.93. The number of nitrogens with zero attached hydrogens (tertiary/aromatic N) is 6. The maximum absolute atomic E-state index is 10.6. The maximum Gasteiger partial charge on any atom is 0.490 e. The van der Waals surface area contributed by atoms with E-state index >= 15 is 0 Å². The zero-order valence-electron chi connectivity index (χ0n) is 23.0. The average Bonchev–Trinajstić information content (AvgIpc) is 3.42. The summed E-state index contributed by atoms with van der Waals surface area (Å²) in [5, 5.41) is 14.2. The molecule has 0 unspecified atom stereocenters. The van der Waals surface area contributed by atoms with Crippen molar-refractivity contribution in [1.29, 1.82) is 0 Å². The summed E-state index contributed by atoms with van der Waals surface area (Å²) in [4.78, 5) is 36.2. The lowest BCUT2D eigenvalue weighted by Gasteiger charge is -2.35. The second kappa shape index (κ2) is 14.5. The molecule has 4 heterocycles. The number of alkyl halides is 6. The van der Waals surface area contributed by atoms with Gasteiger partial charge in [0.05, 0.1) is 19.0 Å². The van der Waals surface area contributed by atoms with E-state index in [1.54, 1.807) is 7.11 Å². The van der Waals surface area contributed by atoms with Crippen LogP contribution in [0.2, 0.25) is 0 Å². The van der Waals surface area contributed by atoms with Crippen LogP contribution in [0.15, 0.2) is 67.4 Å². The van der Waals surface area contributed by atoms with Gasteiger partial charge in [-0.1, -0.05) is 6.07 Å². The molecule has 236 valence electrons. The summed E-state index contributed by atoms with van der Waals surface area (Å²) >= 11 is 0. The Morgan fingerprint density at radius 2 is 1.45 bits per heavy atom. The van der Waals surface area contributed by atoms with Gasteiger partial charge < -0.3 is 19.8 Å². The predicted octanol–water partition coefficient (Wildman–Crippen LogP) is 4.39. The molecule has 4 aromatic rings. The Morgan fingerprint density at radius 1 is 0.864 bits per heavy atom. The minimum atomic E-state index is -5.08. The molecule has 0 spiro atoms. The van der Waals surface area contributed by atoms with Gasteiger partial charge in [-0.2, -0.15) is 26.3 Å². The largest absolute Gasteiger partial charge is 0.497 e.